The smallest absolute Gasteiger partial charge is 0.0807 e. The third kappa shape index (κ3) is 3.48. The van der Waals surface area contributed by atoms with Gasteiger partial charge in [0.25, 0.3) is 0 Å². The van der Waals surface area contributed by atoms with E-state index in [1.807, 2.05) is 0 Å². The van der Waals surface area contributed by atoms with E-state index in [4.69, 9.17) is 10.5 Å². The summed E-state index contributed by atoms with van der Waals surface area (Å²) < 4.78 is 6.55. The van der Waals surface area contributed by atoms with E-state index < -0.39 is 0 Å². The minimum atomic E-state index is 0.00998. The largest absolute Gasteiger partial charge is 0.370 e. The quantitative estimate of drug-likeness (QED) is 0.828. The molecule has 106 valence electrons. The molecule has 0 saturated heterocycles. The fraction of sp³-hybridized carbons (Fsp3) is 1.00. The third-order valence-electron chi connectivity index (χ3n) is 4.90. The normalized spacial score (nSPS) is 35.3. The maximum atomic E-state index is 6.55. The Balaban J connectivity index is 1.98. The lowest BCUT2D eigenvalue weighted by atomic mass is 9.71. The van der Waals surface area contributed by atoms with Gasteiger partial charge < -0.3 is 10.5 Å². The van der Waals surface area contributed by atoms with E-state index in [1.165, 1.54) is 51.4 Å². The molecule has 0 bridgehead atoms. The van der Waals surface area contributed by atoms with Crippen LogP contribution in [0.15, 0.2) is 0 Å². The van der Waals surface area contributed by atoms with Crippen molar-refractivity contribution < 1.29 is 4.74 Å². The Bertz CT molecular complexity index is 268. The summed E-state index contributed by atoms with van der Waals surface area (Å²) in [6, 6.07) is 0. The highest BCUT2D eigenvalue weighted by atomic mass is 16.5. The van der Waals surface area contributed by atoms with Crippen molar-refractivity contribution in [1.82, 2.24) is 0 Å². The summed E-state index contributed by atoms with van der Waals surface area (Å²) in [5, 5.41) is 0. The Morgan fingerprint density at radius 3 is 2.33 bits per heavy atom. The topological polar surface area (TPSA) is 35.2 Å². The average molecular weight is 253 g/mol. The highest BCUT2D eigenvalue weighted by molar-refractivity contribution is 4.90. The zero-order valence-corrected chi connectivity index (χ0v) is 12.5. The molecule has 2 aliphatic carbocycles. The highest BCUT2D eigenvalue weighted by Crippen LogP contribution is 2.42. The van der Waals surface area contributed by atoms with Gasteiger partial charge in [0, 0.05) is 6.54 Å². The van der Waals surface area contributed by atoms with E-state index in [0.717, 1.165) is 5.92 Å². The first-order valence-electron chi connectivity index (χ1n) is 7.83. The molecule has 2 aliphatic rings. The van der Waals surface area contributed by atoms with Crippen LogP contribution < -0.4 is 5.73 Å². The van der Waals surface area contributed by atoms with Crippen molar-refractivity contribution in [2.75, 3.05) is 6.54 Å². The molecule has 2 nitrogen and oxygen atoms in total. The second kappa shape index (κ2) is 5.50. The van der Waals surface area contributed by atoms with Gasteiger partial charge in [-0.2, -0.15) is 0 Å². The summed E-state index contributed by atoms with van der Waals surface area (Å²) in [6.45, 7) is 7.84. The molecule has 2 saturated carbocycles. The van der Waals surface area contributed by atoms with E-state index in [9.17, 15) is 0 Å². The first kappa shape index (κ1) is 14.3. The zero-order chi connectivity index (χ0) is 13.2. The van der Waals surface area contributed by atoms with Crippen LogP contribution in [0.5, 0.6) is 0 Å². The van der Waals surface area contributed by atoms with Crippen molar-refractivity contribution >= 4 is 0 Å². The van der Waals surface area contributed by atoms with Gasteiger partial charge in [-0.15, -0.1) is 0 Å². The molecule has 0 aliphatic heterocycles. The molecule has 0 radical (unpaired) electrons. The number of hydrogen-bond acceptors (Lipinski definition) is 2. The summed E-state index contributed by atoms with van der Waals surface area (Å²) in [6.07, 6.45) is 10.5. The summed E-state index contributed by atoms with van der Waals surface area (Å²) >= 11 is 0. The molecule has 0 heterocycles. The lowest BCUT2D eigenvalue weighted by Gasteiger charge is -2.45. The Hall–Kier alpha value is -0.0800. The van der Waals surface area contributed by atoms with Crippen LogP contribution in [-0.4, -0.2) is 18.2 Å². The molecule has 2 unspecified atom stereocenters. The van der Waals surface area contributed by atoms with Crippen LogP contribution in [0, 0.1) is 11.3 Å². The molecular weight excluding hydrogens is 222 g/mol. The maximum Gasteiger partial charge on any atom is 0.0807 e. The number of rotatable bonds is 3. The van der Waals surface area contributed by atoms with E-state index in [2.05, 4.69) is 20.8 Å². The minimum absolute atomic E-state index is 0.00998. The number of hydrogen-bond donors (Lipinski definition) is 1. The predicted octanol–water partition coefficient (Wildman–Crippen LogP) is 3.88. The first-order chi connectivity index (χ1) is 8.45. The summed E-state index contributed by atoms with van der Waals surface area (Å²) in [5.74, 6) is 0.789. The summed E-state index contributed by atoms with van der Waals surface area (Å²) in [4.78, 5) is 0. The molecule has 0 amide bonds. The predicted molar refractivity (Wildman–Crippen MR) is 76.5 cm³/mol. The van der Waals surface area contributed by atoms with E-state index in [1.54, 1.807) is 0 Å². The van der Waals surface area contributed by atoms with E-state index in [0.29, 0.717) is 18.1 Å². The van der Waals surface area contributed by atoms with Crippen LogP contribution >= 0.6 is 0 Å². The van der Waals surface area contributed by atoms with Crippen molar-refractivity contribution in [3.63, 3.8) is 0 Å². The van der Waals surface area contributed by atoms with Crippen molar-refractivity contribution in [3.8, 4) is 0 Å². The first-order valence-corrected chi connectivity index (χ1v) is 7.83. The molecule has 0 aromatic heterocycles. The second-order valence-electron chi connectivity index (χ2n) is 7.60. The van der Waals surface area contributed by atoms with Crippen molar-refractivity contribution in [2.45, 2.75) is 83.8 Å². The Morgan fingerprint density at radius 1 is 1.11 bits per heavy atom. The SMILES string of the molecule is CC1CC(OC2(CN)CCCCC2)CC(C)(C)C1. The Labute approximate surface area is 113 Å². The molecule has 0 aromatic rings. The monoisotopic (exact) mass is 253 g/mol. The molecule has 0 spiro atoms. The van der Waals surface area contributed by atoms with Crippen molar-refractivity contribution in [2.24, 2.45) is 17.1 Å². The standard InChI is InChI=1S/C16H31NO/c1-13-9-14(11-15(2,3)10-13)18-16(12-17)7-5-4-6-8-16/h13-14H,4-12,17H2,1-3H3. The van der Waals surface area contributed by atoms with Crippen molar-refractivity contribution in [3.05, 3.63) is 0 Å². The molecule has 18 heavy (non-hydrogen) atoms. The Morgan fingerprint density at radius 2 is 1.78 bits per heavy atom. The fourth-order valence-corrected chi connectivity index (χ4v) is 4.27. The highest BCUT2D eigenvalue weighted by Gasteiger charge is 2.39. The molecule has 2 fully saturated rings. The van der Waals surface area contributed by atoms with Crippen LogP contribution in [0.2, 0.25) is 0 Å². The molecule has 2 atom stereocenters. The zero-order valence-electron chi connectivity index (χ0n) is 12.5. The van der Waals surface area contributed by atoms with Crippen LogP contribution in [0.25, 0.3) is 0 Å². The van der Waals surface area contributed by atoms with Gasteiger partial charge in [0.1, 0.15) is 0 Å². The van der Waals surface area contributed by atoms with Crippen LogP contribution in [0.3, 0.4) is 0 Å². The van der Waals surface area contributed by atoms with Crippen LogP contribution in [-0.2, 0) is 4.74 Å². The van der Waals surface area contributed by atoms with Crippen molar-refractivity contribution in [1.29, 1.82) is 0 Å². The molecule has 2 rings (SSSR count). The fourth-order valence-electron chi connectivity index (χ4n) is 4.27. The molecule has 2 N–H and O–H groups in total. The van der Waals surface area contributed by atoms with Gasteiger partial charge in [-0.25, -0.2) is 0 Å². The number of nitrogens with two attached hydrogens (primary N) is 1. The van der Waals surface area contributed by atoms with Crippen LogP contribution in [0.4, 0.5) is 0 Å². The minimum Gasteiger partial charge on any atom is -0.370 e. The molecular formula is C16H31NO. The van der Waals surface area contributed by atoms with E-state index in [-0.39, 0.29) is 5.60 Å². The van der Waals surface area contributed by atoms with Gasteiger partial charge in [-0.3, -0.25) is 0 Å². The average Bonchev–Trinajstić information content (AvgIpc) is 2.27. The second-order valence-corrected chi connectivity index (χ2v) is 7.60. The molecule has 2 heteroatoms. The third-order valence-corrected chi connectivity index (χ3v) is 4.90. The van der Waals surface area contributed by atoms with E-state index >= 15 is 0 Å². The van der Waals surface area contributed by atoms with Gasteiger partial charge in [-0.1, -0.05) is 40.0 Å². The van der Waals surface area contributed by atoms with Gasteiger partial charge in [-0.05, 0) is 43.4 Å². The Kier molecular flexibility index (Phi) is 4.38. The summed E-state index contributed by atoms with van der Waals surface area (Å²) in [7, 11) is 0. The van der Waals surface area contributed by atoms with Gasteiger partial charge in [0.2, 0.25) is 0 Å². The lowest BCUT2D eigenvalue weighted by molar-refractivity contribution is -0.137. The van der Waals surface area contributed by atoms with Gasteiger partial charge in [0.15, 0.2) is 0 Å². The summed E-state index contributed by atoms with van der Waals surface area (Å²) in [5.41, 5.74) is 6.48. The maximum absolute atomic E-state index is 6.55. The van der Waals surface area contributed by atoms with Gasteiger partial charge >= 0.3 is 0 Å². The lowest BCUT2D eigenvalue weighted by Crippen LogP contribution is -2.47. The molecule has 0 aromatic carbocycles. The number of ether oxygens (including phenoxy) is 1. The van der Waals surface area contributed by atoms with Crippen LogP contribution in [0.1, 0.15) is 72.1 Å². The van der Waals surface area contributed by atoms with Gasteiger partial charge in [0.05, 0.1) is 11.7 Å².